The van der Waals surface area contributed by atoms with Crippen LogP contribution in [-0.2, 0) is 11.2 Å². The van der Waals surface area contributed by atoms with Crippen LogP contribution in [0.5, 0.6) is 11.5 Å². The fourth-order valence-electron chi connectivity index (χ4n) is 1.58. The average Bonchev–Trinajstić information content (AvgIpc) is 2.33. The van der Waals surface area contributed by atoms with E-state index in [1.54, 1.807) is 6.92 Å². The van der Waals surface area contributed by atoms with E-state index in [-0.39, 0.29) is 5.78 Å². The van der Waals surface area contributed by atoms with Gasteiger partial charge in [0.25, 0.3) is 0 Å². The van der Waals surface area contributed by atoms with Crippen LogP contribution in [-0.4, -0.2) is 25.5 Å². The van der Waals surface area contributed by atoms with Crippen LogP contribution in [0.1, 0.15) is 25.8 Å². The summed E-state index contributed by atoms with van der Waals surface area (Å²) in [5.74, 6) is 1.56. The highest BCUT2D eigenvalue weighted by atomic mass is 16.5. The number of hydrogen-bond donors (Lipinski definition) is 1. The Balaban J connectivity index is 2.84. The molecule has 0 saturated heterocycles. The van der Waals surface area contributed by atoms with E-state index in [4.69, 9.17) is 15.2 Å². The van der Waals surface area contributed by atoms with E-state index in [0.717, 1.165) is 17.7 Å². The quantitative estimate of drug-likeness (QED) is 0.767. The Morgan fingerprint density at radius 1 is 1.17 bits per heavy atom. The van der Waals surface area contributed by atoms with Gasteiger partial charge in [0.05, 0.1) is 6.61 Å². The van der Waals surface area contributed by atoms with E-state index >= 15 is 0 Å². The molecular formula is C14H21NO3. The van der Waals surface area contributed by atoms with Gasteiger partial charge < -0.3 is 15.2 Å². The second kappa shape index (κ2) is 7.71. The summed E-state index contributed by atoms with van der Waals surface area (Å²) in [6.07, 6.45) is 1.33. The molecule has 2 N–H and O–H groups in total. The van der Waals surface area contributed by atoms with Crippen molar-refractivity contribution in [1.82, 2.24) is 0 Å². The van der Waals surface area contributed by atoms with E-state index in [9.17, 15) is 4.79 Å². The van der Waals surface area contributed by atoms with Crippen LogP contribution in [0.2, 0.25) is 0 Å². The highest BCUT2D eigenvalue weighted by molar-refractivity contribution is 5.78. The second-order valence-electron chi connectivity index (χ2n) is 4.18. The standard InChI is InChI=1S/C14H21NO3/c1-3-5-17-13-8-12(7-11(2)16)9-14(10-13)18-6-4-15/h8-10H,3-7,15H2,1-2H3. The molecule has 0 radical (unpaired) electrons. The Labute approximate surface area is 108 Å². The Morgan fingerprint density at radius 2 is 1.78 bits per heavy atom. The Kier molecular flexibility index (Phi) is 6.22. The van der Waals surface area contributed by atoms with Crippen molar-refractivity contribution in [1.29, 1.82) is 0 Å². The number of carbonyl (C=O) groups excluding carboxylic acids is 1. The summed E-state index contributed by atoms with van der Waals surface area (Å²) in [6.45, 7) is 5.18. The first-order chi connectivity index (χ1) is 8.65. The van der Waals surface area contributed by atoms with E-state index in [0.29, 0.717) is 31.9 Å². The molecule has 0 aliphatic rings. The minimum Gasteiger partial charge on any atom is -0.493 e. The lowest BCUT2D eigenvalue weighted by atomic mass is 10.1. The van der Waals surface area contributed by atoms with E-state index in [1.165, 1.54) is 0 Å². The van der Waals surface area contributed by atoms with Crippen molar-refractivity contribution in [3.63, 3.8) is 0 Å². The SMILES string of the molecule is CCCOc1cc(CC(C)=O)cc(OCCN)c1. The molecule has 100 valence electrons. The molecule has 0 heterocycles. The van der Waals surface area contributed by atoms with Gasteiger partial charge in [0.1, 0.15) is 23.9 Å². The van der Waals surface area contributed by atoms with Gasteiger partial charge in [-0.1, -0.05) is 6.92 Å². The van der Waals surface area contributed by atoms with Crippen LogP contribution >= 0.6 is 0 Å². The number of hydrogen-bond acceptors (Lipinski definition) is 4. The Hall–Kier alpha value is -1.55. The maximum Gasteiger partial charge on any atom is 0.134 e. The fourth-order valence-corrected chi connectivity index (χ4v) is 1.58. The molecular weight excluding hydrogens is 230 g/mol. The van der Waals surface area contributed by atoms with Crippen molar-refractivity contribution in [2.75, 3.05) is 19.8 Å². The van der Waals surface area contributed by atoms with Gasteiger partial charge >= 0.3 is 0 Å². The molecule has 1 aromatic carbocycles. The van der Waals surface area contributed by atoms with Gasteiger partial charge in [-0.2, -0.15) is 0 Å². The number of Topliss-reactive ketones (excluding diaryl/α,β-unsaturated/α-hetero) is 1. The predicted octanol–water partition coefficient (Wildman–Crippen LogP) is 1.94. The van der Waals surface area contributed by atoms with Crippen LogP contribution in [0.3, 0.4) is 0 Å². The van der Waals surface area contributed by atoms with Gasteiger partial charge in [0.15, 0.2) is 0 Å². The third-order valence-electron chi connectivity index (χ3n) is 2.25. The number of rotatable bonds is 8. The van der Waals surface area contributed by atoms with Crippen molar-refractivity contribution in [3.05, 3.63) is 23.8 Å². The lowest BCUT2D eigenvalue weighted by Gasteiger charge is -2.11. The van der Waals surface area contributed by atoms with Crippen LogP contribution in [0, 0.1) is 0 Å². The molecule has 1 rings (SSSR count). The largest absolute Gasteiger partial charge is 0.493 e. The molecule has 4 nitrogen and oxygen atoms in total. The second-order valence-corrected chi connectivity index (χ2v) is 4.18. The molecule has 0 fully saturated rings. The summed E-state index contributed by atoms with van der Waals surface area (Å²) in [5.41, 5.74) is 6.31. The summed E-state index contributed by atoms with van der Waals surface area (Å²) in [4.78, 5) is 11.2. The number of nitrogens with two attached hydrogens (primary N) is 1. The molecule has 0 amide bonds. The van der Waals surface area contributed by atoms with E-state index in [1.807, 2.05) is 25.1 Å². The molecule has 0 spiro atoms. The number of benzene rings is 1. The third kappa shape index (κ3) is 5.19. The normalized spacial score (nSPS) is 10.2. The van der Waals surface area contributed by atoms with Gasteiger partial charge in [0, 0.05) is 19.0 Å². The maximum absolute atomic E-state index is 11.2. The Bertz CT molecular complexity index is 364. The molecule has 0 aromatic heterocycles. The zero-order valence-electron chi connectivity index (χ0n) is 11.1. The fraction of sp³-hybridized carbons (Fsp3) is 0.500. The summed E-state index contributed by atoms with van der Waals surface area (Å²) < 4.78 is 11.1. The van der Waals surface area contributed by atoms with Crippen LogP contribution in [0.25, 0.3) is 0 Å². The van der Waals surface area contributed by atoms with E-state index in [2.05, 4.69) is 0 Å². The van der Waals surface area contributed by atoms with E-state index < -0.39 is 0 Å². The minimum atomic E-state index is 0.118. The Morgan fingerprint density at radius 3 is 2.28 bits per heavy atom. The molecule has 0 unspecified atom stereocenters. The van der Waals surface area contributed by atoms with Gasteiger partial charge in [0.2, 0.25) is 0 Å². The summed E-state index contributed by atoms with van der Waals surface area (Å²) in [5, 5.41) is 0. The summed E-state index contributed by atoms with van der Waals surface area (Å²) in [6, 6.07) is 5.57. The van der Waals surface area contributed by atoms with Gasteiger partial charge in [-0.3, -0.25) is 4.79 Å². The molecule has 4 heteroatoms. The summed E-state index contributed by atoms with van der Waals surface area (Å²) in [7, 11) is 0. The van der Waals surface area contributed by atoms with Crippen molar-refractivity contribution in [2.24, 2.45) is 5.73 Å². The molecule has 18 heavy (non-hydrogen) atoms. The topological polar surface area (TPSA) is 61.5 Å². The maximum atomic E-state index is 11.2. The lowest BCUT2D eigenvalue weighted by molar-refractivity contribution is -0.116. The first kappa shape index (κ1) is 14.5. The number of ether oxygens (including phenoxy) is 2. The predicted molar refractivity (Wildman–Crippen MR) is 71.2 cm³/mol. The zero-order chi connectivity index (χ0) is 13.4. The van der Waals surface area contributed by atoms with Gasteiger partial charge in [-0.25, -0.2) is 0 Å². The van der Waals surface area contributed by atoms with Crippen LogP contribution < -0.4 is 15.2 Å². The average molecular weight is 251 g/mol. The van der Waals surface area contributed by atoms with Crippen LogP contribution in [0.4, 0.5) is 0 Å². The smallest absolute Gasteiger partial charge is 0.134 e. The number of ketones is 1. The third-order valence-corrected chi connectivity index (χ3v) is 2.25. The molecule has 0 atom stereocenters. The number of carbonyl (C=O) groups is 1. The van der Waals surface area contributed by atoms with Gasteiger partial charge in [-0.05, 0) is 31.0 Å². The molecule has 1 aromatic rings. The van der Waals surface area contributed by atoms with Crippen molar-refractivity contribution in [2.45, 2.75) is 26.7 Å². The molecule has 0 aliphatic carbocycles. The highest BCUT2D eigenvalue weighted by Crippen LogP contribution is 2.23. The molecule has 0 aliphatic heterocycles. The van der Waals surface area contributed by atoms with Crippen LogP contribution in [0.15, 0.2) is 18.2 Å². The van der Waals surface area contributed by atoms with Crippen molar-refractivity contribution in [3.8, 4) is 11.5 Å². The molecule has 0 saturated carbocycles. The minimum absolute atomic E-state index is 0.118. The first-order valence-corrected chi connectivity index (χ1v) is 6.24. The van der Waals surface area contributed by atoms with Crippen molar-refractivity contribution < 1.29 is 14.3 Å². The monoisotopic (exact) mass is 251 g/mol. The highest BCUT2D eigenvalue weighted by Gasteiger charge is 2.05. The summed E-state index contributed by atoms with van der Waals surface area (Å²) >= 11 is 0. The van der Waals surface area contributed by atoms with Gasteiger partial charge in [-0.15, -0.1) is 0 Å². The van der Waals surface area contributed by atoms with Crippen molar-refractivity contribution >= 4 is 5.78 Å². The lowest BCUT2D eigenvalue weighted by Crippen LogP contribution is -2.11. The first-order valence-electron chi connectivity index (χ1n) is 6.24. The molecule has 0 bridgehead atoms. The zero-order valence-corrected chi connectivity index (χ0v) is 11.1.